The number of halogens is 3. The van der Waals surface area contributed by atoms with Gasteiger partial charge >= 0.3 is 12.1 Å². The van der Waals surface area contributed by atoms with Crippen molar-refractivity contribution in [3.63, 3.8) is 0 Å². The molecule has 31 heavy (non-hydrogen) atoms. The highest BCUT2D eigenvalue weighted by Crippen LogP contribution is 2.37. The third-order valence-electron chi connectivity index (χ3n) is 5.50. The number of morpholine rings is 1. The minimum atomic E-state index is -4.61. The number of hydrogen-bond acceptors (Lipinski definition) is 6. The molecule has 174 valence electrons. The maximum Gasteiger partial charge on any atom is 0.419 e. The van der Waals surface area contributed by atoms with Crippen LogP contribution in [0.2, 0.25) is 0 Å². The summed E-state index contributed by atoms with van der Waals surface area (Å²) in [5.74, 6) is -1.12. The maximum absolute atomic E-state index is 13.4. The predicted octanol–water partition coefficient (Wildman–Crippen LogP) is 4.27. The van der Waals surface area contributed by atoms with Gasteiger partial charge in [-0.3, -0.25) is 4.90 Å². The molecule has 9 heteroatoms. The van der Waals surface area contributed by atoms with Gasteiger partial charge in [-0.1, -0.05) is 19.3 Å². The first-order valence-electron chi connectivity index (χ1n) is 10.8. The molecule has 1 aromatic rings. The van der Waals surface area contributed by atoms with Gasteiger partial charge in [-0.25, -0.2) is 4.79 Å². The summed E-state index contributed by atoms with van der Waals surface area (Å²) in [6.07, 6.45) is -0.538. The molecule has 1 unspecified atom stereocenters. The highest BCUT2D eigenvalue weighted by Gasteiger charge is 2.35. The van der Waals surface area contributed by atoms with E-state index >= 15 is 0 Å². The van der Waals surface area contributed by atoms with Gasteiger partial charge in [-0.2, -0.15) is 13.2 Å². The van der Waals surface area contributed by atoms with Crippen LogP contribution >= 0.6 is 0 Å². The molecule has 0 radical (unpaired) electrons. The summed E-state index contributed by atoms with van der Waals surface area (Å²) in [4.78, 5) is 14.5. The predicted molar refractivity (Wildman–Crippen MR) is 107 cm³/mol. The highest BCUT2D eigenvalue weighted by molar-refractivity contribution is 5.90. The molecular formula is C22H30F3NO5. The van der Waals surface area contributed by atoms with Gasteiger partial charge in [0, 0.05) is 19.6 Å². The van der Waals surface area contributed by atoms with Crippen molar-refractivity contribution in [3.8, 4) is 5.75 Å². The van der Waals surface area contributed by atoms with Crippen molar-refractivity contribution in [3.05, 3.63) is 29.3 Å². The van der Waals surface area contributed by atoms with Crippen LogP contribution in [0.3, 0.4) is 0 Å². The number of esters is 1. The normalized spacial score (nSPS) is 19.7. The molecule has 1 aromatic carbocycles. The zero-order valence-electron chi connectivity index (χ0n) is 17.8. The molecule has 0 amide bonds. The summed E-state index contributed by atoms with van der Waals surface area (Å²) >= 11 is 0. The fourth-order valence-corrected chi connectivity index (χ4v) is 3.84. The lowest BCUT2D eigenvalue weighted by molar-refractivity contribution is -0.146. The van der Waals surface area contributed by atoms with Crippen molar-refractivity contribution in [2.24, 2.45) is 0 Å². The first-order chi connectivity index (χ1) is 14.8. The van der Waals surface area contributed by atoms with E-state index in [-0.39, 0.29) is 18.3 Å². The van der Waals surface area contributed by atoms with E-state index in [2.05, 4.69) is 4.90 Å². The molecule has 0 aromatic heterocycles. The minimum absolute atomic E-state index is 0.00911. The Bertz CT molecular complexity index is 716. The van der Waals surface area contributed by atoms with Crippen LogP contribution in [0.1, 0.15) is 54.9 Å². The first-order valence-corrected chi connectivity index (χ1v) is 10.8. The second kappa shape index (κ2) is 11.2. The lowest BCUT2D eigenvalue weighted by Crippen LogP contribution is -2.38. The van der Waals surface area contributed by atoms with Crippen LogP contribution in [0, 0.1) is 0 Å². The van der Waals surface area contributed by atoms with Gasteiger partial charge in [-0.15, -0.1) is 0 Å². The number of hydrogen-bond donors (Lipinski definition) is 0. The molecule has 1 saturated heterocycles. The standard InChI is InChI=1S/C22H30F3NO5/c1-16(30-18-5-3-2-4-6-18)31-20-15-17(7-8-19(20)22(23,24)25)21(27)29-14-11-26-9-12-28-13-10-26/h7-8,15-16,18H,2-6,9-14H2,1H3. The number of carbonyl (C=O) groups is 1. The van der Waals surface area contributed by atoms with Gasteiger partial charge in [0.2, 0.25) is 0 Å². The second-order valence-corrected chi connectivity index (χ2v) is 7.88. The molecule has 1 atom stereocenters. The number of nitrogens with zero attached hydrogens (tertiary/aromatic N) is 1. The van der Waals surface area contributed by atoms with Crippen molar-refractivity contribution < 1.29 is 36.9 Å². The van der Waals surface area contributed by atoms with Gasteiger partial charge in [0.1, 0.15) is 12.4 Å². The molecular weight excluding hydrogens is 415 g/mol. The zero-order chi connectivity index (χ0) is 22.3. The lowest BCUT2D eigenvalue weighted by Gasteiger charge is -2.27. The molecule has 1 aliphatic heterocycles. The smallest absolute Gasteiger partial charge is 0.419 e. The molecule has 2 aliphatic rings. The van der Waals surface area contributed by atoms with Gasteiger partial charge in [0.25, 0.3) is 0 Å². The molecule has 6 nitrogen and oxygen atoms in total. The number of alkyl halides is 3. The topological polar surface area (TPSA) is 57.2 Å². The Morgan fingerprint density at radius 1 is 1.19 bits per heavy atom. The fourth-order valence-electron chi connectivity index (χ4n) is 3.84. The van der Waals surface area contributed by atoms with E-state index in [1.54, 1.807) is 6.92 Å². The average Bonchev–Trinajstić information content (AvgIpc) is 2.74. The van der Waals surface area contributed by atoms with Gasteiger partial charge in [-0.05, 0) is 38.0 Å². The molecule has 1 heterocycles. The first kappa shape index (κ1) is 23.8. The fraction of sp³-hybridized carbons (Fsp3) is 0.682. The molecule has 1 aliphatic carbocycles. The monoisotopic (exact) mass is 445 g/mol. The van der Waals surface area contributed by atoms with E-state index in [0.717, 1.165) is 63.4 Å². The van der Waals surface area contributed by atoms with Crippen LogP contribution < -0.4 is 4.74 Å². The van der Waals surface area contributed by atoms with Crippen LogP contribution in [0.15, 0.2) is 18.2 Å². The summed E-state index contributed by atoms with van der Waals surface area (Å²) in [5, 5.41) is 0. The Morgan fingerprint density at radius 2 is 1.90 bits per heavy atom. The van der Waals surface area contributed by atoms with E-state index in [1.807, 2.05) is 0 Å². The molecule has 3 rings (SSSR count). The van der Waals surface area contributed by atoms with Crippen molar-refractivity contribution in [2.45, 2.75) is 57.6 Å². The summed E-state index contributed by atoms with van der Waals surface area (Å²) in [6.45, 7) is 5.05. The molecule has 0 N–H and O–H groups in total. The van der Waals surface area contributed by atoms with Gasteiger partial charge < -0.3 is 18.9 Å². The van der Waals surface area contributed by atoms with Crippen LogP contribution in [0.25, 0.3) is 0 Å². The van der Waals surface area contributed by atoms with Crippen LogP contribution in [-0.4, -0.2) is 62.7 Å². The highest BCUT2D eigenvalue weighted by atomic mass is 19.4. The second-order valence-electron chi connectivity index (χ2n) is 7.88. The van der Waals surface area contributed by atoms with E-state index in [1.165, 1.54) is 0 Å². The minimum Gasteiger partial charge on any atom is -0.465 e. The van der Waals surface area contributed by atoms with Crippen LogP contribution in [0.5, 0.6) is 5.75 Å². The Kier molecular flexibility index (Phi) is 8.57. The molecule has 0 spiro atoms. The van der Waals surface area contributed by atoms with E-state index in [4.69, 9.17) is 18.9 Å². The van der Waals surface area contributed by atoms with Gasteiger partial charge in [0.05, 0.1) is 30.4 Å². The maximum atomic E-state index is 13.4. The summed E-state index contributed by atoms with van der Waals surface area (Å²) in [5.41, 5.74) is -0.939. The number of benzene rings is 1. The number of rotatable bonds is 8. The summed E-state index contributed by atoms with van der Waals surface area (Å²) in [6, 6.07) is 3.04. The van der Waals surface area contributed by atoms with Crippen molar-refractivity contribution in [2.75, 3.05) is 39.5 Å². The Morgan fingerprint density at radius 3 is 2.58 bits per heavy atom. The summed E-state index contributed by atoms with van der Waals surface area (Å²) < 4.78 is 62.1. The lowest BCUT2D eigenvalue weighted by atomic mass is 9.98. The van der Waals surface area contributed by atoms with Crippen molar-refractivity contribution in [1.82, 2.24) is 4.90 Å². The van der Waals surface area contributed by atoms with Crippen molar-refractivity contribution in [1.29, 1.82) is 0 Å². The van der Waals surface area contributed by atoms with Crippen molar-refractivity contribution >= 4 is 5.97 Å². The average molecular weight is 445 g/mol. The van der Waals surface area contributed by atoms with Crippen LogP contribution in [0.4, 0.5) is 13.2 Å². The molecule has 1 saturated carbocycles. The van der Waals surface area contributed by atoms with Crippen LogP contribution in [-0.2, 0) is 20.4 Å². The van der Waals surface area contributed by atoms with E-state index in [0.29, 0.717) is 19.8 Å². The Labute approximate surface area is 180 Å². The van der Waals surface area contributed by atoms with E-state index in [9.17, 15) is 18.0 Å². The van der Waals surface area contributed by atoms with Gasteiger partial charge in [0.15, 0.2) is 6.29 Å². The molecule has 2 fully saturated rings. The Hall–Kier alpha value is -1.84. The quantitative estimate of drug-likeness (QED) is 0.440. The largest absolute Gasteiger partial charge is 0.465 e. The third-order valence-corrected chi connectivity index (χ3v) is 5.50. The Balaban J connectivity index is 1.62. The molecule has 0 bridgehead atoms. The third kappa shape index (κ3) is 7.36. The number of carbonyl (C=O) groups excluding carboxylic acids is 1. The van der Waals surface area contributed by atoms with E-state index < -0.39 is 29.7 Å². The summed E-state index contributed by atoms with van der Waals surface area (Å²) in [7, 11) is 0. The SMILES string of the molecule is CC(Oc1cc(C(=O)OCCN2CCOCC2)ccc1C(F)(F)F)OC1CCCCC1. The number of ether oxygens (including phenoxy) is 4. The zero-order valence-corrected chi connectivity index (χ0v) is 17.8.